The Kier molecular flexibility index (Phi) is 4.57. The van der Waals surface area contributed by atoms with Crippen LogP contribution in [0.25, 0.3) is 0 Å². The van der Waals surface area contributed by atoms with E-state index in [1.807, 2.05) is 0 Å². The highest BCUT2D eigenvalue weighted by atomic mass is 79.9. The van der Waals surface area contributed by atoms with Gasteiger partial charge in [-0.25, -0.2) is 0 Å². The number of benzene rings is 2. The first kappa shape index (κ1) is 14.2. The van der Waals surface area contributed by atoms with Crippen LogP contribution in [0.4, 0.5) is 0 Å². The fraction of sp³-hybridized carbons (Fsp3) is 0.0769. The van der Waals surface area contributed by atoms with E-state index in [9.17, 15) is 5.11 Å². The van der Waals surface area contributed by atoms with E-state index in [2.05, 4.69) is 15.9 Å². The molecule has 2 rings (SSSR count). The molecule has 0 aliphatic heterocycles. The van der Waals surface area contributed by atoms with Gasteiger partial charge in [-0.15, -0.1) is 0 Å². The van der Waals surface area contributed by atoms with Crippen LogP contribution in [0.5, 0.6) is 0 Å². The smallest absolute Gasteiger partial charge is 0.106 e. The van der Waals surface area contributed by atoms with Gasteiger partial charge in [0.05, 0.1) is 0 Å². The summed E-state index contributed by atoms with van der Waals surface area (Å²) < 4.78 is 0.800. The predicted octanol–water partition coefficient (Wildman–Crippen LogP) is 5.49. The molecule has 0 heterocycles. The van der Waals surface area contributed by atoms with Crippen molar-refractivity contribution < 1.29 is 5.11 Å². The van der Waals surface area contributed by atoms with Crippen LogP contribution in [0.2, 0.25) is 15.1 Å². The molecule has 1 nitrogen and oxygen atoms in total. The summed E-state index contributed by atoms with van der Waals surface area (Å²) in [6.45, 7) is 0. The Balaban J connectivity index is 2.44. The minimum atomic E-state index is -0.843. The van der Waals surface area contributed by atoms with Gasteiger partial charge in [0.25, 0.3) is 0 Å². The monoisotopic (exact) mass is 364 g/mol. The third-order valence-electron chi connectivity index (χ3n) is 2.46. The summed E-state index contributed by atoms with van der Waals surface area (Å²) in [5.41, 5.74) is 1.26. The molecular formula is C13H8BrCl3O. The van der Waals surface area contributed by atoms with Crippen LogP contribution in [-0.4, -0.2) is 5.11 Å². The van der Waals surface area contributed by atoms with E-state index >= 15 is 0 Å². The molecule has 0 saturated carbocycles. The maximum absolute atomic E-state index is 10.3. The zero-order chi connectivity index (χ0) is 13.3. The van der Waals surface area contributed by atoms with Crippen LogP contribution >= 0.6 is 50.7 Å². The Morgan fingerprint density at radius 1 is 0.944 bits per heavy atom. The number of hydrogen-bond acceptors (Lipinski definition) is 1. The standard InChI is InChI=1S/C13H8BrCl3O/c14-8-3-7(4-10(16)5-8)13(18)11-2-1-9(15)6-12(11)17/h1-6,13,18H. The second-order valence-corrected chi connectivity index (χ2v) is 5.97. The molecule has 0 radical (unpaired) electrons. The predicted molar refractivity (Wildman–Crippen MR) is 79.7 cm³/mol. The van der Waals surface area contributed by atoms with Crippen LogP contribution in [0.15, 0.2) is 40.9 Å². The SMILES string of the molecule is OC(c1cc(Cl)cc(Br)c1)c1ccc(Cl)cc1Cl. The van der Waals surface area contributed by atoms with Gasteiger partial charge < -0.3 is 5.11 Å². The molecule has 18 heavy (non-hydrogen) atoms. The minimum absolute atomic E-state index is 0.422. The second-order valence-electron chi connectivity index (χ2n) is 3.77. The summed E-state index contributed by atoms with van der Waals surface area (Å²) in [7, 11) is 0. The van der Waals surface area contributed by atoms with E-state index in [0.717, 1.165) is 4.47 Å². The van der Waals surface area contributed by atoms with Crippen molar-refractivity contribution in [3.8, 4) is 0 Å². The summed E-state index contributed by atoms with van der Waals surface area (Å²) >= 11 is 21.2. The van der Waals surface area contributed by atoms with E-state index in [0.29, 0.717) is 26.2 Å². The van der Waals surface area contributed by atoms with Crippen molar-refractivity contribution in [1.82, 2.24) is 0 Å². The lowest BCUT2D eigenvalue weighted by atomic mass is 10.0. The molecule has 0 aliphatic rings. The maximum Gasteiger partial charge on any atom is 0.106 e. The summed E-state index contributed by atoms with van der Waals surface area (Å²) in [4.78, 5) is 0. The molecule has 1 N–H and O–H groups in total. The van der Waals surface area contributed by atoms with Crippen molar-refractivity contribution in [2.24, 2.45) is 0 Å². The van der Waals surface area contributed by atoms with Crippen LogP contribution in [-0.2, 0) is 0 Å². The van der Waals surface area contributed by atoms with Gasteiger partial charge in [-0.3, -0.25) is 0 Å². The lowest BCUT2D eigenvalue weighted by molar-refractivity contribution is 0.220. The number of aliphatic hydroxyl groups is 1. The van der Waals surface area contributed by atoms with Crippen LogP contribution in [0.3, 0.4) is 0 Å². The molecule has 0 spiro atoms. The van der Waals surface area contributed by atoms with Gasteiger partial charge in [0, 0.05) is 25.1 Å². The first-order valence-corrected chi connectivity index (χ1v) is 6.99. The van der Waals surface area contributed by atoms with E-state index in [1.54, 1.807) is 36.4 Å². The van der Waals surface area contributed by atoms with Crippen molar-refractivity contribution >= 4 is 50.7 Å². The first-order valence-electron chi connectivity index (χ1n) is 5.06. The molecule has 0 fully saturated rings. The van der Waals surface area contributed by atoms with Crippen LogP contribution in [0.1, 0.15) is 17.2 Å². The van der Waals surface area contributed by atoms with Gasteiger partial charge in [0.15, 0.2) is 0 Å². The molecule has 0 bridgehead atoms. The van der Waals surface area contributed by atoms with E-state index in [4.69, 9.17) is 34.8 Å². The highest BCUT2D eigenvalue weighted by Gasteiger charge is 2.15. The molecule has 1 atom stereocenters. The highest BCUT2D eigenvalue weighted by Crippen LogP contribution is 2.32. The normalized spacial score (nSPS) is 12.5. The van der Waals surface area contributed by atoms with Gasteiger partial charge in [-0.2, -0.15) is 0 Å². The van der Waals surface area contributed by atoms with Crippen LogP contribution < -0.4 is 0 Å². The fourth-order valence-electron chi connectivity index (χ4n) is 1.64. The van der Waals surface area contributed by atoms with Crippen molar-refractivity contribution in [3.63, 3.8) is 0 Å². The maximum atomic E-state index is 10.3. The largest absolute Gasteiger partial charge is 0.384 e. The molecular weight excluding hydrogens is 358 g/mol. The lowest BCUT2D eigenvalue weighted by Crippen LogP contribution is -2.00. The Morgan fingerprint density at radius 2 is 1.67 bits per heavy atom. The minimum Gasteiger partial charge on any atom is -0.384 e. The Hall–Kier alpha value is -0.250. The highest BCUT2D eigenvalue weighted by molar-refractivity contribution is 9.10. The van der Waals surface area contributed by atoms with Gasteiger partial charge in [0.2, 0.25) is 0 Å². The summed E-state index contributed by atoms with van der Waals surface area (Å²) in [6.07, 6.45) is -0.843. The molecule has 5 heteroatoms. The first-order chi connectivity index (χ1) is 8.47. The Labute approximate surface area is 128 Å². The van der Waals surface area contributed by atoms with Gasteiger partial charge in [0.1, 0.15) is 6.10 Å². The van der Waals surface area contributed by atoms with Crippen molar-refractivity contribution in [2.45, 2.75) is 6.10 Å². The number of aliphatic hydroxyl groups excluding tert-OH is 1. The van der Waals surface area contributed by atoms with Crippen molar-refractivity contribution in [2.75, 3.05) is 0 Å². The van der Waals surface area contributed by atoms with Gasteiger partial charge in [-0.05, 0) is 35.9 Å². The average Bonchev–Trinajstić information content (AvgIpc) is 2.26. The Bertz CT molecular complexity index is 566. The topological polar surface area (TPSA) is 20.2 Å². The molecule has 1 unspecified atom stereocenters. The van der Waals surface area contributed by atoms with Crippen molar-refractivity contribution in [1.29, 1.82) is 0 Å². The summed E-state index contributed by atoms with van der Waals surface area (Å²) in [6, 6.07) is 10.2. The second kappa shape index (κ2) is 5.81. The lowest BCUT2D eigenvalue weighted by Gasteiger charge is -2.14. The third kappa shape index (κ3) is 3.19. The molecule has 0 aliphatic carbocycles. The summed E-state index contributed by atoms with van der Waals surface area (Å²) in [5.74, 6) is 0. The third-order valence-corrected chi connectivity index (χ3v) is 3.70. The fourth-order valence-corrected chi connectivity index (χ4v) is 3.03. The molecule has 2 aromatic rings. The zero-order valence-corrected chi connectivity index (χ0v) is 12.9. The average molecular weight is 366 g/mol. The molecule has 94 valence electrons. The molecule has 0 saturated heterocycles. The Morgan fingerprint density at radius 3 is 2.28 bits per heavy atom. The van der Waals surface area contributed by atoms with Gasteiger partial charge in [-0.1, -0.05) is 56.8 Å². The van der Waals surface area contributed by atoms with Crippen LogP contribution in [0, 0.1) is 0 Å². The number of hydrogen-bond donors (Lipinski definition) is 1. The van der Waals surface area contributed by atoms with E-state index < -0.39 is 6.10 Å². The molecule has 0 aromatic heterocycles. The molecule has 2 aromatic carbocycles. The number of halogens is 4. The quantitative estimate of drug-likeness (QED) is 0.745. The van der Waals surface area contributed by atoms with E-state index in [1.165, 1.54) is 0 Å². The zero-order valence-electron chi connectivity index (χ0n) is 9.00. The summed E-state index contributed by atoms with van der Waals surface area (Å²) in [5, 5.41) is 11.8. The van der Waals surface area contributed by atoms with Crippen molar-refractivity contribution in [3.05, 3.63) is 67.1 Å². The molecule has 0 amide bonds. The van der Waals surface area contributed by atoms with Gasteiger partial charge >= 0.3 is 0 Å². The van der Waals surface area contributed by atoms with E-state index in [-0.39, 0.29) is 0 Å². The number of rotatable bonds is 2.